The molecule has 1 unspecified atom stereocenters. The number of amides is 1. The van der Waals surface area contributed by atoms with Gasteiger partial charge in [-0.3, -0.25) is 0 Å². The Morgan fingerprint density at radius 3 is 2.87 bits per heavy atom. The zero-order valence-corrected chi connectivity index (χ0v) is 8.89. The van der Waals surface area contributed by atoms with E-state index in [1.165, 1.54) is 0 Å². The van der Waals surface area contributed by atoms with Crippen LogP contribution in [-0.2, 0) is 4.74 Å². The van der Waals surface area contributed by atoms with E-state index in [-0.39, 0.29) is 6.42 Å². The predicted octanol–water partition coefficient (Wildman–Crippen LogP) is 2.70. The van der Waals surface area contributed by atoms with E-state index in [4.69, 9.17) is 4.74 Å². The molecule has 1 aliphatic carbocycles. The van der Waals surface area contributed by atoms with Crippen molar-refractivity contribution in [2.45, 2.75) is 51.0 Å². The minimum Gasteiger partial charge on any atom is -0.450 e. The fourth-order valence-electron chi connectivity index (χ4n) is 1.60. The van der Waals surface area contributed by atoms with Crippen LogP contribution in [0.5, 0.6) is 0 Å². The van der Waals surface area contributed by atoms with Gasteiger partial charge in [0.15, 0.2) is 0 Å². The quantitative estimate of drug-likeness (QED) is 0.741. The first-order chi connectivity index (χ1) is 7.06. The molecule has 0 radical (unpaired) electrons. The summed E-state index contributed by atoms with van der Waals surface area (Å²) in [5, 5.41) is 2.22. The zero-order valence-electron chi connectivity index (χ0n) is 8.89. The fourth-order valence-corrected chi connectivity index (χ4v) is 1.60. The van der Waals surface area contributed by atoms with Crippen LogP contribution in [0, 0.1) is 0 Å². The smallest absolute Gasteiger partial charge is 0.407 e. The molecular weight excluding hydrogens is 204 g/mol. The van der Waals surface area contributed by atoms with Gasteiger partial charge in [-0.15, -0.1) is 0 Å². The summed E-state index contributed by atoms with van der Waals surface area (Å²) in [5.41, 5.74) is 0. The third kappa shape index (κ3) is 3.64. The van der Waals surface area contributed by atoms with Crippen LogP contribution in [0.15, 0.2) is 0 Å². The van der Waals surface area contributed by atoms with Crippen molar-refractivity contribution in [2.24, 2.45) is 0 Å². The SMILES string of the molecule is CCCCOC(=O)NC1CCCC1(F)F. The number of carbonyl (C=O) groups is 1. The molecule has 0 aromatic heterocycles. The minimum absolute atomic E-state index is 0.146. The van der Waals surface area contributed by atoms with E-state index in [9.17, 15) is 13.6 Å². The summed E-state index contributed by atoms with van der Waals surface area (Å²) in [5.74, 6) is -2.77. The van der Waals surface area contributed by atoms with Gasteiger partial charge in [-0.2, -0.15) is 0 Å². The molecule has 88 valence electrons. The van der Waals surface area contributed by atoms with Crippen LogP contribution >= 0.6 is 0 Å². The first-order valence-electron chi connectivity index (χ1n) is 5.37. The van der Waals surface area contributed by atoms with E-state index in [1.54, 1.807) is 0 Å². The Bertz CT molecular complexity index is 221. The average Bonchev–Trinajstić information content (AvgIpc) is 2.46. The molecule has 1 saturated carbocycles. The highest BCUT2D eigenvalue weighted by atomic mass is 19.3. The van der Waals surface area contributed by atoms with Crippen LogP contribution in [0.25, 0.3) is 0 Å². The third-order valence-electron chi connectivity index (χ3n) is 2.54. The van der Waals surface area contributed by atoms with Crippen LogP contribution in [0.3, 0.4) is 0 Å². The highest BCUT2D eigenvalue weighted by molar-refractivity contribution is 5.67. The van der Waals surface area contributed by atoms with Crippen LogP contribution < -0.4 is 5.32 Å². The van der Waals surface area contributed by atoms with Gasteiger partial charge in [0, 0.05) is 6.42 Å². The first kappa shape index (κ1) is 12.2. The molecule has 1 fully saturated rings. The first-order valence-corrected chi connectivity index (χ1v) is 5.37. The molecule has 0 aliphatic heterocycles. The van der Waals surface area contributed by atoms with Gasteiger partial charge in [0.05, 0.1) is 12.6 Å². The van der Waals surface area contributed by atoms with Crippen LogP contribution in [-0.4, -0.2) is 24.7 Å². The van der Waals surface area contributed by atoms with Gasteiger partial charge >= 0.3 is 6.09 Å². The van der Waals surface area contributed by atoms with Crippen LogP contribution in [0.4, 0.5) is 13.6 Å². The Balaban J connectivity index is 2.25. The molecule has 0 aromatic carbocycles. The van der Waals surface area contributed by atoms with E-state index in [0.717, 1.165) is 12.8 Å². The number of hydrogen-bond donors (Lipinski definition) is 1. The Morgan fingerprint density at radius 2 is 2.33 bits per heavy atom. The van der Waals surface area contributed by atoms with Gasteiger partial charge in [-0.1, -0.05) is 13.3 Å². The number of halogens is 2. The Labute approximate surface area is 88.2 Å². The van der Waals surface area contributed by atoms with Gasteiger partial charge in [-0.05, 0) is 19.3 Å². The standard InChI is InChI=1S/C10H17F2NO2/c1-2-3-7-15-9(14)13-8-5-4-6-10(8,11)12/h8H,2-7H2,1H3,(H,13,14). The lowest BCUT2D eigenvalue weighted by atomic mass is 10.2. The van der Waals surface area contributed by atoms with E-state index < -0.39 is 18.1 Å². The van der Waals surface area contributed by atoms with E-state index in [1.807, 2.05) is 6.92 Å². The molecule has 0 saturated heterocycles. The summed E-state index contributed by atoms with van der Waals surface area (Å²) in [6.07, 6.45) is 1.58. The molecular formula is C10H17F2NO2. The maximum absolute atomic E-state index is 13.1. The second kappa shape index (κ2) is 5.28. The molecule has 0 aromatic rings. The van der Waals surface area contributed by atoms with Crippen molar-refractivity contribution >= 4 is 6.09 Å². The summed E-state index contributed by atoms with van der Waals surface area (Å²) in [6.45, 7) is 2.26. The molecule has 0 spiro atoms. The lowest BCUT2D eigenvalue weighted by Gasteiger charge is -2.19. The summed E-state index contributed by atoms with van der Waals surface area (Å²) in [4.78, 5) is 11.1. The predicted molar refractivity (Wildman–Crippen MR) is 52.0 cm³/mol. The van der Waals surface area contributed by atoms with E-state index >= 15 is 0 Å². The summed E-state index contributed by atoms with van der Waals surface area (Å²) in [7, 11) is 0. The molecule has 5 heteroatoms. The van der Waals surface area contributed by atoms with Gasteiger partial charge in [-0.25, -0.2) is 13.6 Å². The van der Waals surface area contributed by atoms with Crippen molar-refractivity contribution in [3.63, 3.8) is 0 Å². The highest BCUT2D eigenvalue weighted by Gasteiger charge is 2.44. The lowest BCUT2D eigenvalue weighted by Crippen LogP contribution is -2.44. The Morgan fingerprint density at radius 1 is 1.60 bits per heavy atom. The Hall–Kier alpha value is -0.870. The largest absolute Gasteiger partial charge is 0.450 e. The van der Waals surface area contributed by atoms with Gasteiger partial charge in [0.2, 0.25) is 0 Å². The fraction of sp³-hybridized carbons (Fsp3) is 0.900. The highest BCUT2D eigenvalue weighted by Crippen LogP contribution is 2.34. The maximum Gasteiger partial charge on any atom is 0.407 e. The number of nitrogens with one attached hydrogen (secondary N) is 1. The van der Waals surface area contributed by atoms with Crippen LogP contribution in [0.1, 0.15) is 39.0 Å². The maximum atomic E-state index is 13.1. The van der Waals surface area contributed by atoms with Crippen LogP contribution in [0.2, 0.25) is 0 Å². The second-order valence-corrected chi connectivity index (χ2v) is 3.84. The van der Waals surface area contributed by atoms with E-state index in [0.29, 0.717) is 19.4 Å². The van der Waals surface area contributed by atoms with Crippen molar-refractivity contribution in [3.05, 3.63) is 0 Å². The summed E-state index contributed by atoms with van der Waals surface area (Å²) < 4.78 is 30.9. The average molecular weight is 221 g/mol. The molecule has 0 heterocycles. The summed E-state index contributed by atoms with van der Waals surface area (Å²) >= 11 is 0. The number of rotatable bonds is 4. The Kier molecular flexibility index (Phi) is 4.29. The van der Waals surface area contributed by atoms with Crippen molar-refractivity contribution in [1.29, 1.82) is 0 Å². The van der Waals surface area contributed by atoms with E-state index in [2.05, 4.69) is 5.32 Å². The normalized spacial score (nSPS) is 23.8. The molecule has 0 bridgehead atoms. The molecule has 1 aliphatic rings. The molecule has 1 amide bonds. The number of unbranched alkanes of at least 4 members (excludes halogenated alkanes) is 1. The van der Waals surface area contributed by atoms with Crippen molar-refractivity contribution in [1.82, 2.24) is 5.32 Å². The van der Waals surface area contributed by atoms with Gasteiger partial charge < -0.3 is 10.1 Å². The monoisotopic (exact) mass is 221 g/mol. The number of carbonyl (C=O) groups excluding carboxylic acids is 1. The number of alkyl carbamates (subject to hydrolysis) is 1. The second-order valence-electron chi connectivity index (χ2n) is 3.84. The van der Waals surface area contributed by atoms with Crippen molar-refractivity contribution in [2.75, 3.05) is 6.61 Å². The topological polar surface area (TPSA) is 38.3 Å². The molecule has 15 heavy (non-hydrogen) atoms. The van der Waals surface area contributed by atoms with Crippen molar-refractivity contribution < 1.29 is 18.3 Å². The third-order valence-corrected chi connectivity index (χ3v) is 2.54. The molecule has 3 nitrogen and oxygen atoms in total. The number of alkyl halides is 2. The lowest BCUT2D eigenvalue weighted by molar-refractivity contribution is -0.0179. The van der Waals surface area contributed by atoms with Gasteiger partial charge in [0.1, 0.15) is 0 Å². The minimum atomic E-state index is -2.77. The number of ether oxygens (including phenoxy) is 1. The zero-order chi connectivity index (χ0) is 11.3. The molecule has 1 rings (SSSR count). The van der Waals surface area contributed by atoms with Gasteiger partial charge in [0.25, 0.3) is 5.92 Å². The summed E-state index contributed by atoms with van der Waals surface area (Å²) in [6, 6.07) is -1.05. The molecule has 1 N–H and O–H groups in total. The number of hydrogen-bond acceptors (Lipinski definition) is 2. The van der Waals surface area contributed by atoms with Crippen molar-refractivity contribution in [3.8, 4) is 0 Å². The molecule has 1 atom stereocenters.